The quantitative estimate of drug-likeness (QED) is 0.645. The molecule has 31 heavy (non-hydrogen) atoms. The molecule has 0 aliphatic carbocycles. The zero-order valence-electron chi connectivity index (χ0n) is 16.6. The van der Waals surface area contributed by atoms with E-state index in [0.29, 0.717) is 16.9 Å². The molecule has 2 N–H and O–H groups in total. The molecule has 0 bridgehead atoms. The van der Waals surface area contributed by atoms with Gasteiger partial charge in [-0.3, -0.25) is 0 Å². The standard InChI is InChI=1S/C24H18N2O5/c1-2-28-23(27)19-20-16(13-25)22(26)31-24(20,30-21(19)14-8-4-3-5-9-14)18-12-15-10-6-7-11-17(15)29-18/h3-12,20H,2,26H2,1H3/t20-,24-/m0/s1. The fourth-order valence-corrected chi connectivity index (χ4v) is 4.10. The van der Waals surface area contributed by atoms with E-state index in [4.69, 9.17) is 24.4 Å². The van der Waals surface area contributed by atoms with Gasteiger partial charge in [-0.2, -0.15) is 5.26 Å². The highest BCUT2D eigenvalue weighted by Crippen LogP contribution is 2.58. The van der Waals surface area contributed by atoms with Crippen LogP contribution in [0.1, 0.15) is 18.2 Å². The van der Waals surface area contributed by atoms with Gasteiger partial charge in [-0.05, 0) is 19.1 Å². The van der Waals surface area contributed by atoms with Crippen LogP contribution in [-0.2, 0) is 24.8 Å². The number of rotatable bonds is 4. The number of benzene rings is 2. The lowest BCUT2D eigenvalue weighted by Gasteiger charge is -2.27. The minimum Gasteiger partial charge on any atom is -0.463 e. The van der Waals surface area contributed by atoms with E-state index >= 15 is 0 Å². The molecule has 2 aliphatic heterocycles. The minimum absolute atomic E-state index is 0.0921. The first kappa shape index (κ1) is 18.8. The molecule has 0 unspecified atom stereocenters. The van der Waals surface area contributed by atoms with Crippen molar-refractivity contribution in [1.82, 2.24) is 0 Å². The van der Waals surface area contributed by atoms with Crippen LogP contribution in [0, 0.1) is 17.2 Å². The maximum Gasteiger partial charge on any atom is 0.338 e. The monoisotopic (exact) mass is 414 g/mol. The van der Waals surface area contributed by atoms with Gasteiger partial charge in [-0.1, -0.05) is 48.5 Å². The van der Waals surface area contributed by atoms with Gasteiger partial charge in [0.1, 0.15) is 28.9 Å². The van der Waals surface area contributed by atoms with Crippen molar-refractivity contribution in [3.8, 4) is 6.07 Å². The van der Waals surface area contributed by atoms with E-state index in [2.05, 4.69) is 6.07 Å². The third kappa shape index (κ3) is 2.69. The van der Waals surface area contributed by atoms with Crippen molar-refractivity contribution in [3.05, 3.63) is 89.0 Å². The summed E-state index contributed by atoms with van der Waals surface area (Å²) < 4.78 is 23.7. The normalized spacial score (nSPS) is 22.1. The van der Waals surface area contributed by atoms with E-state index in [1.165, 1.54) is 0 Å². The Labute approximate surface area is 177 Å². The number of hydrogen-bond acceptors (Lipinski definition) is 7. The summed E-state index contributed by atoms with van der Waals surface area (Å²) in [5, 5.41) is 10.7. The van der Waals surface area contributed by atoms with Crippen molar-refractivity contribution < 1.29 is 23.4 Å². The highest BCUT2D eigenvalue weighted by atomic mass is 16.7. The van der Waals surface area contributed by atoms with Crippen LogP contribution >= 0.6 is 0 Å². The summed E-state index contributed by atoms with van der Waals surface area (Å²) in [7, 11) is 0. The lowest BCUT2D eigenvalue weighted by atomic mass is 9.85. The third-order valence-electron chi connectivity index (χ3n) is 5.40. The maximum absolute atomic E-state index is 13.1. The molecule has 3 aromatic rings. The SMILES string of the molecule is CCOC(=O)C1=C(c2ccccc2)O[C@@]2(c3cc4ccccc4o3)OC(N)=C(C#N)[C@@H]12. The lowest BCUT2D eigenvalue weighted by molar-refractivity contribution is -0.185. The smallest absolute Gasteiger partial charge is 0.338 e. The summed E-state index contributed by atoms with van der Waals surface area (Å²) in [4.78, 5) is 13.1. The van der Waals surface area contributed by atoms with Crippen molar-refractivity contribution in [2.24, 2.45) is 11.7 Å². The topological polar surface area (TPSA) is 108 Å². The van der Waals surface area contributed by atoms with Gasteiger partial charge in [-0.15, -0.1) is 0 Å². The highest BCUT2D eigenvalue weighted by molar-refractivity contribution is 5.99. The molecule has 1 aromatic heterocycles. The molecule has 7 heteroatoms. The number of carbonyl (C=O) groups excluding carboxylic acids is 1. The van der Waals surface area contributed by atoms with E-state index < -0.39 is 17.7 Å². The van der Waals surface area contributed by atoms with Gasteiger partial charge < -0.3 is 24.4 Å². The Hall–Kier alpha value is -4.18. The number of nitrogens with two attached hydrogens (primary N) is 1. The predicted octanol–water partition coefficient (Wildman–Crippen LogP) is 3.93. The Bertz CT molecular complexity index is 1270. The number of nitriles is 1. The molecule has 3 heterocycles. The molecule has 2 aromatic carbocycles. The number of carbonyl (C=O) groups is 1. The van der Waals surface area contributed by atoms with Crippen molar-refractivity contribution in [1.29, 1.82) is 5.26 Å². The fourth-order valence-electron chi connectivity index (χ4n) is 4.10. The molecule has 0 saturated heterocycles. The van der Waals surface area contributed by atoms with Gasteiger partial charge >= 0.3 is 11.8 Å². The number of furan rings is 1. The summed E-state index contributed by atoms with van der Waals surface area (Å²) in [5.41, 5.74) is 7.59. The van der Waals surface area contributed by atoms with Gasteiger partial charge in [0.15, 0.2) is 5.76 Å². The van der Waals surface area contributed by atoms with Crippen molar-refractivity contribution in [2.75, 3.05) is 6.61 Å². The Morgan fingerprint density at radius 3 is 2.61 bits per heavy atom. The first-order chi connectivity index (χ1) is 15.1. The van der Waals surface area contributed by atoms with Gasteiger partial charge in [0, 0.05) is 10.9 Å². The number of hydrogen-bond donors (Lipinski definition) is 1. The molecule has 0 fully saturated rings. The lowest BCUT2D eigenvalue weighted by Crippen LogP contribution is -2.34. The molecule has 5 rings (SSSR count). The Morgan fingerprint density at radius 1 is 1.16 bits per heavy atom. The molecule has 2 aliphatic rings. The largest absolute Gasteiger partial charge is 0.463 e. The molecule has 7 nitrogen and oxygen atoms in total. The fraction of sp³-hybridized carbons (Fsp3) is 0.167. The van der Waals surface area contributed by atoms with Crippen LogP contribution in [-0.4, -0.2) is 12.6 Å². The molecule has 0 saturated carbocycles. The van der Waals surface area contributed by atoms with E-state index in [0.717, 1.165) is 5.39 Å². The van der Waals surface area contributed by atoms with Crippen LogP contribution in [0.2, 0.25) is 0 Å². The van der Waals surface area contributed by atoms with Gasteiger partial charge in [0.25, 0.3) is 0 Å². The zero-order valence-corrected chi connectivity index (χ0v) is 16.6. The number of nitrogens with zero attached hydrogens (tertiary/aromatic N) is 1. The third-order valence-corrected chi connectivity index (χ3v) is 5.40. The Balaban J connectivity index is 1.75. The summed E-state index contributed by atoms with van der Waals surface area (Å²) in [6, 6.07) is 20.4. The maximum atomic E-state index is 13.1. The summed E-state index contributed by atoms with van der Waals surface area (Å²) in [6.45, 7) is 1.88. The van der Waals surface area contributed by atoms with Crippen molar-refractivity contribution in [3.63, 3.8) is 0 Å². The molecule has 2 atom stereocenters. The second-order valence-corrected chi connectivity index (χ2v) is 7.17. The minimum atomic E-state index is -1.62. The molecular weight excluding hydrogens is 396 g/mol. The van der Waals surface area contributed by atoms with Gasteiger partial charge in [0.2, 0.25) is 5.88 Å². The number of ether oxygens (including phenoxy) is 3. The van der Waals surface area contributed by atoms with Gasteiger partial charge in [0.05, 0.1) is 12.2 Å². The van der Waals surface area contributed by atoms with E-state index in [1.54, 1.807) is 25.1 Å². The summed E-state index contributed by atoms with van der Waals surface area (Å²) in [6.07, 6.45) is 0. The average molecular weight is 414 g/mol. The second kappa shape index (κ2) is 6.96. The van der Waals surface area contributed by atoms with Crippen LogP contribution in [0.15, 0.2) is 82.1 Å². The van der Waals surface area contributed by atoms with Crippen molar-refractivity contribution >= 4 is 22.7 Å². The number of para-hydroxylation sites is 1. The Kier molecular flexibility index (Phi) is 4.22. The molecule has 0 amide bonds. The highest BCUT2D eigenvalue weighted by Gasteiger charge is 2.64. The Morgan fingerprint density at radius 2 is 1.90 bits per heavy atom. The second-order valence-electron chi connectivity index (χ2n) is 7.17. The van der Waals surface area contributed by atoms with E-state index in [9.17, 15) is 10.1 Å². The molecule has 0 radical (unpaired) electrons. The first-order valence-electron chi connectivity index (χ1n) is 9.82. The average Bonchev–Trinajstić information content (AvgIpc) is 3.43. The van der Waals surface area contributed by atoms with Crippen LogP contribution in [0.4, 0.5) is 0 Å². The summed E-state index contributed by atoms with van der Waals surface area (Å²) >= 11 is 0. The van der Waals surface area contributed by atoms with E-state index in [-0.39, 0.29) is 29.4 Å². The number of fused-ring (bicyclic) bond motifs is 2. The van der Waals surface area contributed by atoms with Crippen LogP contribution in [0.3, 0.4) is 0 Å². The van der Waals surface area contributed by atoms with Crippen LogP contribution in [0.5, 0.6) is 0 Å². The molecule has 154 valence electrons. The summed E-state index contributed by atoms with van der Waals surface area (Å²) in [5.74, 6) is -2.70. The first-order valence-corrected chi connectivity index (χ1v) is 9.82. The van der Waals surface area contributed by atoms with Crippen LogP contribution < -0.4 is 5.73 Å². The predicted molar refractivity (Wildman–Crippen MR) is 110 cm³/mol. The zero-order chi connectivity index (χ0) is 21.6. The van der Waals surface area contributed by atoms with Gasteiger partial charge in [-0.25, -0.2) is 4.79 Å². The van der Waals surface area contributed by atoms with Crippen molar-refractivity contribution in [2.45, 2.75) is 12.7 Å². The molecular formula is C24H18N2O5. The van der Waals surface area contributed by atoms with E-state index in [1.807, 2.05) is 42.5 Å². The molecule has 0 spiro atoms. The van der Waals surface area contributed by atoms with Crippen LogP contribution in [0.25, 0.3) is 16.7 Å². The number of esters is 1.